The third-order valence-electron chi connectivity index (χ3n) is 3.74. The van der Waals surface area contributed by atoms with Gasteiger partial charge in [-0.25, -0.2) is 0 Å². The van der Waals surface area contributed by atoms with Crippen molar-refractivity contribution in [2.45, 2.75) is 64.9 Å². The van der Waals surface area contributed by atoms with E-state index >= 15 is 0 Å². The minimum atomic E-state index is -0.760. The molecule has 17 heavy (non-hydrogen) atoms. The maximum Gasteiger partial charge on any atom is 0.306 e. The molecule has 0 aliphatic heterocycles. The van der Waals surface area contributed by atoms with Crippen LogP contribution in [-0.4, -0.2) is 22.3 Å². The van der Waals surface area contributed by atoms with E-state index in [9.17, 15) is 9.90 Å². The standard InChI is InChI=1S/C14H26O3/c1-10(2)7-12(14(16)17)9-13(15)8-11-5-3-4-6-11/h10-13,15H,3-9H2,1-2H3,(H,16,17). The minimum Gasteiger partial charge on any atom is -0.481 e. The number of aliphatic carboxylic acids is 1. The van der Waals surface area contributed by atoms with Gasteiger partial charge in [0.2, 0.25) is 0 Å². The first-order valence-corrected chi connectivity index (χ1v) is 6.90. The normalized spacial score (nSPS) is 20.7. The van der Waals surface area contributed by atoms with E-state index in [2.05, 4.69) is 0 Å². The van der Waals surface area contributed by atoms with Crippen LogP contribution in [-0.2, 0) is 4.79 Å². The second-order valence-electron chi connectivity index (χ2n) is 5.94. The zero-order valence-electron chi connectivity index (χ0n) is 11.1. The van der Waals surface area contributed by atoms with Gasteiger partial charge in [0.15, 0.2) is 0 Å². The molecule has 0 aromatic heterocycles. The van der Waals surface area contributed by atoms with Crippen LogP contribution >= 0.6 is 0 Å². The number of carboxylic acid groups (broad SMARTS) is 1. The molecule has 0 spiro atoms. The molecule has 1 saturated carbocycles. The monoisotopic (exact) mass is 242 g/mol. The lowest BCUT2D eigenvalue weighted by Crippen LogP contribution is -2.23. The topological polar surface area (TPSA) is 57.5 Å². The molecule has 1 rings (SSSR count). The van der Waals surface area contributed by atoms with Crippen molar-refractivity contribution in [3.8, 4) is 0 Å². The average Bonchev–Trinajstić information content (AvgIpc) is 2.68. The molecular weight excluding hydrogens is 216 g/mol. The van der Waals surface area contributed by atoms with Gasteiger partial charge in [-0.1, -0.05) is 39.5 Å². The lowest BCUT2D eigenvalue weighted by molar-refractivity contribution is -0.143. The van der Waals surface area contributed by atoms with Crippen LogP contribution in [0.25, 0.3) is 0 Å². The predicted molar refractivity (Wildman–Crippen MR) is 67.8 cm³/mol. The summed E-state index contributed by atoms with van der Waals surface area (Å²) >= 11 is 0. The zero-order chi connectivity index (χ0) is 12.8. The van der Waals surface area contributed by atoms with E-state index in [1.54, 1.807) is 0 Å². The van der Waals surface area contributed by atoms with Crippen molar-refractivity contribution in [3.63, 3.8) is 0 Å². The highest BCUT2D eigenvalue weighted by molar-refractivity contribution is 5.69. The molecule has 2 N–H and O–H groups in total. The molecule has 2 unspecified atom stereocenters. The van der Waals surface area contributed by atoms with E-state index in [4.69, 9.17) is 5.11 Å². The number of rotatable bonds is 7. The third-order valence-corrected chi connectivity index (χ3v) is 3.74. The van der Waals surface area contributed by atoms with E-state index in [1.165, 1.54) is 25.7 Å². The van der Waals surface area contributed by atoms with Gasteiger partial charge in [0.25, 0.3) is 0 Å². The summed E-state index contributed by atoms with van der Waals surface area (Å²) in [5.41, 5.74) is 0. The van der Waals surface area contributed by atoms with Gasteiger partial charge in [-0.05, 0) is 31.1 Å². The second kappa shape index (κ2) is 7.00. The largest absolute Gasteiger partial charge is 0.481 e. The third kappa shape index (κ3) is 5.53. The van der Waals surface area contributed by atoms with Gasteiger partial charge in [0.05, 0.1) is 12.0 Å². The SMILES string of the molecule is CC(C)CC(CC(O)CC1CCCC1)C(=O)O. The summed E-state index contributed by atoms with van der Waals surface area (Å²) in [4.78, 5) is 11.1. The van der Waals surface area contributed by atoms with Crippen LogP contribution < -0.4 is 0 Å². The molecule has 1 fully saturated rings. The molecule has 0 aromatic carbocycles. The van der Waals surface area contributed by atoms with Crippen LogP contribution in [0.3, 0.4) is 0 Å². The van der Waals surface area contributed by atoms with E-state index in [0.29, 0.717) is 24.7 Å². The fourth-order valence-corrected chi connectivity index (χ4v) is 2.92. The lowest BCUT2D eigenvalue weighted by Gasteiger charge is -2.20. The highest BCUT2D eigenvalue weighted by Gasteiger charge is 2.25. The molecule has 3 heteroatoms. The Morgan fingerprint density at radius 2 is 1.82 bits per heavy atom. The first kappa shape index (κ1) is 14.5. The number of carboxylic acids is 1. The van der Waals surface area contributed by atoms with Crippen molar-refractivity contribution >= 4 is 5.97 Å². The molecule has 0 radical (unpaired) electrons. The van der Waals surface area contributed by atoms with Crippen LogP contribution in [0.15, 0.2) is 0 Å². The van der Waals surface area contributed by atoms with E-state index in [-0.39, 0.29) is 5.92 Å². The molecule has 0 saturated heterocycles. The Bertz CT molecular complexity index is 232. The molecule has 0 amide bonds. The molecular formula is C14H26O3. The van der Waals surface area contributed by atoms with Crippen LogP contribution in [0.1, 0.15) is 58.8 Å². The van der Waals surface area contributed by atoms with Crippen molar-refractivity contribution in [1.82, 2.24) is 0 Å². The summed E-state index contributed by atoms with van der Waals surface area (Å²) in [5, 5.41) is 19.1. The summed E-state index contributed by atoms with van der Waals surface area (Å²) in [6.45, 7) is 4.05. The van der Waals surface area contributed by atoms with Gasteiger partial charge >= 0.3 is 5.97 Å². The highest BCUT2D eigenvalue weighted by Crippen LogP contribution is 2.30. The first-order chi connectivity index (χ1) is 7.99. The lowest BCUT2D eigenvalue weighted by atomic mass is 9.88. The number of carbonyl (C=O) groups is 1. The summed E-state index contributed by atoms with van der Waals surface area (Å²) in [5.74, 6) is -0.149. The Kier molecular flexibility index (Phi) is 5.96. The molecule has 2 atom stereocenters. The summed E-state index contributed by atoms with van der Waals surface area (Å²) in [7, 11) is 0. The Hall–Kier alpha value is -0.570. The Balaban J connectivity index is 2.34. The second-order valence-corrected chi connectivity index (χ2v) is 5.94. The summed E-state index contributed by atoms with van der Waals surface area (Å²) in [6.07, 6.45) is 6.40. The molecule has 0 bridgehead atoms. The van der Waals surface area contributed by atoms with Gasteiger partial charge in [0.1, 0.15) is 0 Å². The number of hydrogen-bond donors (Lipinski definition) is 2. The van der Waals surface area contributed by atoms with Crippen LogP contribution in [0.4, 0.5) is 0 Å². The maximum absolute atomic E-state index is 11.1. The van der Waals surface area contributed by atoms with Gasteiger partial charge in [-0.15, -0.1) is 0 Å². The smallest absolute Gasteiger partial charge is 0.306 e. The van der Waals surface area contributed by atoms with Gasteiger partial charge in [0, 0.05) is 0 Å². The van der Waals surface area contributed by atoms with Crippen molar-refractivity contribution in [2.24, 2.45) is 17.8 Å². The first-order valence-electron chi connectivity index (χ1n) is 6.90. The van der Waals surface area contributed by atoms with Crippen molar-refractivity contribution in [1.29, 1.82) is 0 Å². The summed E-state index contributed by atoms with van der Waals surface area (Å²) in [6, 6.07) is 0. The molecule has 100 valence electrons. The van der Waals surface area contributed by atoms with Crippen molar-refractivity contribution in [2.75, 3.05) is 0 Å². The fourth-order valence-electron chi connectivity index (χ4n) is 2.92. The molecule has 0 heterocycles. The Labute approximate surface area is 104 Å². The molecule has 1 aliphatic carbocycles. The molecule has 1 aliphatic rings. The minimum absolute atomic E-state index is 0.370. The van der Waals surface area contributed by atoms with Crippen LogP contribution in [0.2, 0.25) is 0 Å². The zero-order valence-corrected chi connectivity index (χ0v) is 11.1. The van der Waals surface area contributed by atoms with E-state index < -0.39 is 12.1 Å². The van der Waals surface area contributed by atoms with E-state index in [0.717, 1.165) is 6.42 Å². The highest BCUT2D eigenvalue weighted by atomic mass is 16.4. The Morgan fingerprint density at radius 1 is 1.24 bits per heavy atom. The van der Waals surface area contributed by atoms with Crippen molar-refractivity contribution < 1.29 is 15.0 Å². The number of aliphatic hydroxyl groups excluding tert-OH is 1. The average molecular weight is 242 g/mol. The van der Waals surface area contributed by atoms with Crippen LogP contribution in [0.5, 0.6) is 0 Å². The molecule has 0 aromatic rings. The molecule has 3 nitrogen and oxygen atoms in total. The van der Waals surface area contributed by atoms with E-state index in [1.807, 2.05) is 13.8 Å². The van der Waals surface area contributed by atoms with Crippen molar-refractivity contribution in [3.05, 3.63) is 0 Å². The number of hydrogen-bond acceptors (Lipinski definition) is 2. The van der Waals surface area contributed by atoms with Gasteiger partial charge in [-0.3, -0.25) is 4.79 Å². The predicted octanol–water partition coefficient (Wildman–Crippen LogP) is 3.06. The van der Waals surface area contributed by atoms with Gasteiger partial charge in [-0.2, -0.15) is 0 Å². The Morgan fingerprint density at radius 3 is 2.29 bits per heavy atom. The van der Waals surface area contributed by atoms with Crippen LogP contribution in [0, 0.1) is 17.8 Å². The number of aliphatic hydroxyl groups is 1. The maximum atomic E-state index is 11.1. The fraction of sp³-hybridized carbons (Fsp3) is 0.929. The summed E-state index contributed by atoms with van der Waals surface area (Å²) < 4.78 is 0. The quantitative estimate of drug-likeness (QED) is 0.721. The van der Waals surface area contributed by atoms with Gasteiger partial charge < -0.3 is 10.2 Å².